The molecule has 0 aliphatic heterocycles. The molecule has 0 atom stereocenters. The molecule has 0 radical (unpaired) electrons. The van der Waals surface area contributed by atoms with Crippen molar-refractivity contribution in [3.63, 3.8) is 0 Å². The van der Waals surface area contributed by atoms with Gasteiger partial charge in [-0.3, -0.25) is 9.97 Å². The number of rotatable bonds is 5. The molecule has 9 aromatic rings. The Kier molecular flexibility index (Phi) is 6.75. The summed E-state index contributed by atoms with van der Waals surface area (Å²) in [6.07, 6.45) is 3.93. The highest BCUT2D eigenvalue weighted by Crippen LogP contribution is 2.57. The number of fused-ring (bicyclic) bond motifs is 5. The van der Waals surface area contributed by atoms with Crippen LogP contribution in [-0.2, 0) is 5.41 Å². The highest BCUT2D eigenvalue weighted by atomic mass is 14.7. The number of aromatic nitrogens is 2. The number of hydrogen-bond acceptors (Lipinski definition) is 2. The molecule has 51 heavy (non-hydrogen) atoms. The fraction of sp³-hybridized carbons (Fsp3) is 0.0204. The lowest BCUT2D eigenvalue weighted by molar-refractivity contribution is 0.770. The molecular weight excluding hydrogens is 617 g/mol. The number of pyridine rings is 2. The Bertz CT molecular complexity index is 2720. The highest BCUT2D eigenvalue weighted by Gasteiger charge is 2.46. The Morgan fingerprint density at radius 2 is 1.02 bits per heavy atom. The predicted octanol–water partition coefficient (Wildman–Crippen LogP) is 12.1. The van der Waals surface area contributed by atoms with Gasteiger partial charge in [0.25, 0.3) is 0 Å². The summed E-state index contributed by atoms with van der Waals surface area (Å²) in [5.41, 5.74) is 13.4. The summed E-state index contributed by atoms with van der Waals surface area (Å²) in [5.74, 6) is 0. The van der Waals surface area contributed by atoms with Crippen LogP contribution in [0.3, 0.4) is 0 Å². The van der Waals surface area contributed by atoms with Crippen LogP contribution in [0.1, 0.15) is 22.3 Å². The fourth-order valence-electron chi connectivity index (χ4n) is 8.30. The molecule has 0 N–H and O–H groups in total. The third-order valence-corrected chi connectivity index (χ3v) is 10.6. The van der Waals surface area contributed by atoms with Gasteiger partial charge in [-0.1, -0.05) is 146 Å². The van der Waals surface area contributed by atoms with Crippen molar-refractivity contribution >= 4 is 21.5 Å². The molecule has 2 heteroatoms. The zero-order valence-corrected chi connectivity index (χ0v) is 27.9. The van der Waals surface area contributed by atoms with E-state index >= 15 is 0 Å². The molecule has 0 saturated carbocycles. The van der Waals surface area contributed by atoms with Gasteiger partial charge in [0, 0.05) is 28.9 Å². The molecule has 0 saturated heterocycles. The van der Waals surface area contributed by atoms with Crippen molar-refractivity contribution in [2.45, 2.75) is 5.41 Å². The molecule has 7 aromatic carbocycles. The maximum atomic E-state index is 5.01. The van der Waals surface area contributed by atoms with Gasteiger partial charge in [0.05, 0.1) is 16.8 Å². The van der Waals surface area contributed by atoms with Gasteiger partial charge in [-0.05, 0) is 97.1 Å². The van der Waals surface area contributed by atoms with Crippen LogP contribution in [0.25, 0.3) is 66.3 Å². The Balaban J connectivity index is 1.27. The van der Waals surface area contributed by atoms with Gasteiger partial charge in [-0.2, -0.15) is 0 Å². The van der Waals surface area contributed by atoms with Crippen LogP contribution < -0.4 is 0 Å². The minimum atomic E-state index is -0.587. The Morgan fingerprint density at radius 1 is 0.353 bits per heavy atom. The largest absolute Gasteiger partial charge is 0.256 e. The van der Waals surface area contributed by atoms with Gasteiger partial charge < -0.3 is 0 Å². The molecule has 1 aliphatic rings. The summed E-state index contributed by atoms with van der Waals surface area (Å²) >= 11 is 0. The summed E-state index contributed by atoms with van der Waals surface area (Å²) in [4.78, 5) is 9.96. The third-order valence-electron chi connectivity index (χ3n) is 10.6. The standard InChI is InChI=1S/C49H32N2/c1-2-13-33(14-3-1)35-25-26-50-48(30-35)44-31-40(27-36-16-6-7-20-41(36)44)49(45-23-10-8-21-42(45)43-22-9-11-24-46(43)49)39-19-12-18-37(28-39)47-29-34-15-4-5-17-38(34)32-51-47/h1-32H. The zero-order chi connectivity index (χ0) is 33.8. The number of benzene rings is 7. The molecule has 2 aromatic heterocycles. The number of hydrogen-bond donors (Lipinski definition) is 0. The molecule has 238 valence electrons. The van der Waals surface area contributed by atoms with E-state index in [1.54, 1.807) is 0 Å². The van der Waals surface area contributed by atoms with Crippen molar-refractivity contribution in [1.29, 1.82) is 0 Å². The first-order valence-corrected chi connectivity index (χ1v) is 17.5. The van der Waals surface area contributed by atoms with Gasteiger partial charge in [0.2, 0.25) is 0 Å². The van der Waals surface area contributed by atoms with Gasteiger partial charge in [0.15, 0.2) is 0 Å². The molecule has 0 bridgehead atoms. The van der Waals surface area contributed by atoms with Crippen LogP contribution in [-0.4, -0.2) is 9.97 Å². The van der Waals surface area contributed by atoms with Crippen LogP contribution in [0.15, 0.2) is 194 Å². The van der Waals surface area contributed by atoms with Crippen molar-refractivity contribution in [2.24, 2.45) is 0 Å². The minimum absolute atomic E-state index is 0.587. The van der Waals surface area contributed by atoms with Crippen LogP contribution >= 0.6 is 0 Å². The Morgan fingerprint density at radius 3 is 1.82 bits per heavy atom. The van der Waals surface area contributed by atoms with Crippen LogP contribution in [0.4, 0.5) is 0 Å². The van der Waals surface area contributed by atoms with Gasteiger partial charge in [-0.15, -0.1) is 0 Å². The average Bonchev–Trinajstić information content (AvgIpc) is 3.52. The first-order chi connectivity index (χ1) is 25.3. The monoisotopic (exact) mass is 648 g/mol. The normalized spacial score (nSPS) is 12.9. The summed E-state index contributed by atoms with van der Waals surface area (Å²) < 4.78 is 0. The molecule has 0 amide bonds. The second-order valence-electron chi connectivity index (χ2n) is 13.4. The zero-order valence-electron chi connectivity index (χ0n) is 27.9. The summed E-state index contributed by atoms with van der Waals surface area (Å²) in [6, 6.07) is 66.0. The fourth-order valence-corrected chi connectivity index (χ4v) is 8.30. The summed E-state index contributed by atoms with van der Waals surface area (Å²) in [7, 11) is 0. The van der Waals surface area contributed by atoms with Gasteiger partial charge >= 0.3 is 0 Å². The predicted molar refractivity (Wildman–Crippen MR) is 211 cm³/mol. The maximum Gasteiger partial charge on any atom is 0.0714 e. The van der Waals surface area contributed by atoms with Crippen molar-refractivity contribution < 1.29 is 0 Å². The highest BCUT2D eigenvalue weighted by molar-refractivity contribution is 5.99. The lowest BCUT2D eigenvalue weighted by Gasteiger charge is -2.35. The molecule has 1 aliphatic carbocycles. The molecular formula is C49H32N2. The first-order valence-electron chi connectivity index (χ1n) is 17.5. The number of nitrogens with zero attached hydrogens (tertiary/aromatic N) is 2. The topological polar surface area (TPSA) is 25.8 Å². The molecule has 0 spiro atoms. The van der Waals surface area contributed by atoms with E-state index in [1.807, 2.05) is 12.4 Å². The second kappa shape index (κ2) is 11.8. The summed E-state index contributed by atoms with van der Waals surface area (Å²) in [5, 5.41) is 4.69. The van der Waals surface area contributed by atoms with Gasteiger partial charge in [0.1, 0.15) is 0 Å². The quantitative estimate of drug-likeness (QED) is 0.186. The van der Waals surface area contributed by atoms with Crippen molar-refractivity contribution in [1.82, 2.24) is 9.97 Å². The van der Waals surface area contributed by atoms with Gasteiger partial charge in [-0.25, -0.2) is 0 Å². The second-order valence-corrected chi connectivity index (χ2v) is 13.4. The lowest BCUT2D eigenvalue weighted by Crippen LogP contribution is -2.28. The Hall–Kier alpha value is -6.64. The molecule has 2 heterocycles. The molecule has 0 unspecified atom stereocenters. The van der Waals surface area contributed by atoms with E-state index < -0.39 is 5.41 Å². The minimum Gasteiger partial charge on any atom is -0.256 e. The molecule has 2 nitrogen and oxygen atoms in total. The van der Waals surface area contributed by atoms with Crippen LogP contribution in [0.5, 0.6) is 0 Å². The Labute approximate surface area is 297 Å². The van der Waals surface area contributed by atoms with Crippen LogP contribution in [0.2, 0.25) is 0 Å². The summed E-state index contributed by atoms with van der Waals surface area (Å²) in [6.45, 7) is 0. The van der Waals surface area contributed by atoms with Crippen molar-refractivity contribution in [2.75, 3.05) is 0 Å². The maximum absolute atomic E-state index is 5.01. The first kappa shape index (κ1) is 29.3. The van der Waals surface area contributed by atoms with Crippen molar-refractivity contribution in [3.05, 3.63) is 217 Å². The molecule has 0 fully saturated rings. The van der Waals surface area contributed by atoms with E-state index in [0.717, 1.165) is 33.5 Å². The van der Waals surface area contributed by atoms with E-state index in [0.29, 0.717) is 0 Å². The van der Waals surface area contributed by atoms with E-state index in [2.05, 4.69) is 182 Å². The lowest BCUT2D eigenvalue weighted by atomic mass is 9.66. The van der Waals surface area contributed by atoms with E-state index in [4.69, 9.17) is 9.97 Å². The van der Waals surface area contributed by atoms with E-state index in [-0.39, 0.29) is 0 Å². The third kappa shape index (κ3) is 4.65. The smallest absolute Gasteiger partial charge is 0.0714 e. The molecule has 10 rings (SSSR count). The van der Waals surface area contributed by atoms with Crippen LogP contribution in [0, 0.1) is 0 Å². The average molecular weight is 649 g/mol. The van der Waals surface area contributed by atoms with E-state index in [9.17, 15) is 0 Å². The SMILES string of the molecule is c1ccc(-c2ccnc(-c3cc(C4(c5cccc(-c6cc7ccccc7cn6)c5)c5ccccc5-c5ccccc54)cc4ccccc34)c2)cc1. The van der Waals surface area contributed by atoms with E-state index in [1.165, 1.54) is 55.1 Å². The van der Waals surface area contributed by atoms with Crippen molar-refractivity contribution in [3.8, 4) is 44.8 Å².